The molecule has 4 nitrogen and oxygen atoms in total. The second-order valence-corrected chi connectivity index (χ2v) is 5.30. The molecule has 0 spiro atoms. The number of benzene rings is 1. The molecule has 104 valence electrons. The molecule has 1 aliphatic rings. The van der Waals surface area contributed by atoms with E-state index in [-0.39, 0.29) is 5.91 Å². The van der Waals surface area contributed by atoms with Crippen molar-refractivity contribution in [2.24, 2.45) is 0 Å². The average molecular weight is 278 g/mol. The summed E-state index contributed by atoms with van der Waals surface area (Å²) >= 11 is 0. The first-order valence-electron chi connectivity index (χ1n) is 7.06. The van der Waals surface area contributed by atoms with Crippen molar-refractivity contribution in [3.63, 3.8) is 0 Å². The van der Waals surface area contributed by atoms with E-state index in [0.717, 1.165) is 23.7 Å². The second kappa shape index (κ2) is 4.74. The van der Waals surface area contributed by atoms with E-state index >= 15 is 0 Å². The average Bonchev–Trinajstić information content (AvgIpc) is 3.16. The van der Waals surface area contributed by atoms with Crippen molar-refractivity contribution in [3.05, 3.63) is 54.3 Å². The molecule has 0 aliphatic heterocycles. The molecule has 1 amide bonds. The van der Waals surface area contributed by atoms with Gasteiger partial charge in [0.2, 0.25) is 0 Å². The lowest BCUT2D eigenvalue weighted by Gasteiger charge is -2.09. The van der Waals surface area contributed by atoms with E-state index in [1.54, 1.807) is 12.3 Å². The molecular formula is C17H14N2O2. The summed E-state index contributed by atoms with van der Waals surface area (Å²) in [5.41, 5.74) is 2.13. The predicted molar refractivity (Wildman–Crippen MR) is 79.9 cm³/mol. The number of fused-ring (bicyclic) bond motifs is 1. The van der Waals surface area contributed by atoms with Crippen molar-refractivity contribution in [1.82, 2.24) is 10.3 Å². The summed E-state index contributed by atoms with van der Waals surface area (Å²) in [4.78, 5) is 17.0. The first-order valence-corrected chi connectivity index (χ1v) is 7.06. The molecule has 1 fully saturated rings. The molecule has 0 saturated heterocycles. The van der Waals surface area contributed by atoms with Gasteiger partial charge in [-0.15, -0.1) is 0 Å². The minimum absolute atomic E-state index is 0.0380. The van der Waals surface area contributed by atoms with Gasteiger partial charge in [0.25, 0.3) is 5.91 Å². The zero-order valence-corrected chi connectivity index (χ0v) is 11.4. The Labute approximate surface area is 121 Å². The molecule has 3 aromatic rings. The van der Waals surface area contributed by atoms with Crippen LogP contribution in [-0.4, -0.2) is 16.9 Å². The third kappa shape index (κ3) is 2.29. The number of rotatable bonds is 3. The highest BCUT2D eigenvalue weighted by atomic mass is 16.3. The smallest absolute Gasteiger partial charge is 0.252 e. The van der Waals surface area contributed by atoms with Crippen LogP contribution >= 0.6 is 0 Å². The van der Waals surface area contributed by atoms with Gasteiger partial charge in [0.1, 0.15) is 5.69 Å². The van der Waals surface area contributed by atoms with E-state index in [4.69, 9.17) is 4.42 Å². The fraction of sp³-hybridized carbons (Fsp3) is 0.176. The van der Waals surface area contributed by atoms with Crippen molar-refractivity contribution < 1.29 is 9.21 Å². The molecule has 1 N–H and O–H groups in total. The molecular weight excluding hydrogens is 264 g/mol. The van der Waals surface area contributed by atoms with Gasteiger partial charge in [-0.1, -0.05) is 18.2 Å². The Bertz CT molecular complexity index is 805. The molecule has 0 bridgehead atoms. The van der Waals surface area contributed by atoms with Gasteiger partial charge in [-0.3, -0.25) is 4.79 Å². The molecule has 1 saturated carbocycles. The molecule has 21 heavy (non-hydrogen) atoms. The van der Waals surface area contributed by atoms with E-state index in [2.05, 4.69) is 10.3 Å². The summed E-state index contributed by atoms with van der Waals surface area (Å²) in [5.74, 6) is 0.630. The monoisotopic (exact) mass is 278 g/mol. The normalized spacial score (nSPS) is 14.3. The van der Waals surface area contributed by atoms with Crippen molar-refractivity contribution in [2.45, 2.75) is 18.9 Å². The topological polar surface area (TPSA) is 55.1 Å². The van der Waals surface area contributed by atoms with E-state index in [1.165, 1.54) is 0 Å². The van der Waals surface area contributed by atoms with Crippen LogP contribution in [0.3, 0.4) is 0 Å². The van der Waals surface area contributed by atoms with E-state index in [9.17, 15) is 4.79 Å². The molecule has 1 aromatic carbocycles. The lowest BCUT2D eigenvalue weighted by Crippen LogP contribution is -2.25. The van der Waals surface area contributed by atoms with Gasteiger partial charge in [0.15, 0.2) is 5.76 Å². The number of amides is 1. The summed E-state index contributed by atoms with van der Waals surface area (Å²) in [6.07, 6.45) is 3.75. The fourth-order valence-electron chi connectivity index (χ4n) is 2.40. The molecule has 2 aromatic heterocycles. The van der Waals surface area contributed by atoms with Crippen LogP contribution in [0.1, 0.15) is 23.2 Å². The van der Waals surface area contributed by atoms with E-state index < -0.39 is 0 Å². The van der Waals surface area contributed by atoms with Gasteiger partial charge in [-0.05, 0) is 37.1 Å². The third-order valence-electron chi connectivity index (χ3n) is 3.65. The van der Waals surface area contributed by atoms with Gasteiger partial charge in [0, 0.05) is 11.4 Å². The second-order valence-electron chi connectivity index (χ2n) is 5.30. The minimum atomic E-state index is -0.0380. The van der Waals surface area contributed by atoms with Crippen LogP contribution in [0, 0.1) is 0 Å². The fourth-order valence-corrected chi connectivity index (χ4v) is 2.40. The summed E-state index contributed by atoms with van der Waals surface area (Å²) in [6, 6.07) is 13.5. The van der Waals surface area contributed by atoms with E-state index in [0.29, 0.717) is 23.1 Å². The number of carbonyl (C=O) groups is 1. The van der Waals surface area contributed by atoms with Gasteiger partial charge >= 0.3 is 0 Å². The number of pyridine rings is 1. The van der Waals surface area contributed by atoms with Crippen LogP contribution in [0.4, 0.5) is 0 Å². The van der Waals surface area contributed by atoms with Gasteiger partial charge in [-0.25, -0.2) is 4.98 Å². The van der Waals surface area contributed by atoms with Gasteiger partial charge < -0.3 is 9.73 Å². The molecule has 4 heteroatoms. The molecule has 2 heterocycles. The van der Waals surface area contributed by atoms with Crippen LogP contribution in [-0.2, 0) is 0 Å². The maximum absolute atomic E-state index is 12.5. The molecule has 4 rings (SSSR count). The summed E-state index contributed by atoms with van der Waals surface area (Å²) in [5, 5.41) is 3.90. The number of para-hydroxylation sites is 1. The number of nitrogens with zero attached hydrogens (tertiary/aromatic N) is 1. The minimum Gasteiger partial charge on any atom is -0.463 e. The summed E-state index contributed by atoms with van der Waals surface area (Å²) < 4.78 is 5.40. The first-order chi connectivity index (χ1) is 10.3. The standard InChI is InChI=1S/C17H14N2O2/c20-17(18-11-7-8-11)13-10-15(16-6-3-9-21-16)19-14-5-2-1-4-12(13)14/h1-6,9-11H,7-8H2,(H,18,20). The van der Waals surface area contributed by atoms with Crippen LogP contribution in [0.5, 0.6) is 0 Å². The predicted octanol–water partition coefficient (Wildman–Crippen LogP) is 3.39. The molecule has 1 aliphatic carbocycles. The number of furan rings is 1. The maximum atomic E-state index is 12.5. The maximum Gasteiger partial charge on any atom is 0.252 e. The van der Waals surface area contributed by atoms with Crippen LogP contribution < -0.4 is 5.32 Å². The Morgan fingerprint density at radius 3 is 2.81 bits per heavy atom. The highest BCUT2D eigenvalue weighted by molar-refractivity contribution is 6.07. The Kier molecular flexibility index (Phi) is 2.74. The van der Waals surface area contributed by atoms with Crippen LogP contribution in [0.2, 0.25) is 0 Å². The lowest BCUT2D eigenvalue weighted by molar-refractivity contribution is 0.0952. The SMILES string of the molecule is O=C(NC1CC1)c1cc(-c2ccco2)nc2ccccc12. The molecule has 0 radical (unpaired) electrons. The molecule has 0 unspecified atom stereocenters. The first kappa shape index (κ1) is 12.1. The van der Waals surface area contributed by atoms with Gasteiger partial charge in [0.05, 0.1) is 17.3 Å². The van der Waals surface area contributed by atoms with E-state index in [1.807, 2.05) is 36.4 Å². The van der Waals surface area contributed by atoms with Crippen molar-refractivity contribution in [3.8, 4) is 11.5 Å². The zero-order valence-electron chi connectivity index (χ0n) is 11.4. The number of nitrogens with one attached hydrogen (secondary N) is 1. The Morgan fingerprint density at radius 2 is 2.05 bits per heavy atom. The third-order valence-corrected chi connectivity index (χ3v) is 3.65. The number of hydrogen-bond donors (Lipinski definition) is 1. The molecule has 0 atom stereocenters. The van der Waals surface area contributed by atoms with Crippen molar-refractivity contribution >= 4 is 16.8 Å². The number of aromatic nitrogens is 1. The highest BCUT2D eigenvalue weighted by Crippen LogP contribution is 2.26. The quantitative estimate of drug-likeness (QED) is 0.799. The van der Waals surface area contributed by atoms with Crippen LogP contribution in [0.15, 0.2) is 53.1 Å². The lowest BCUT2D eigenvalue weighted by atomic mass is 10.1. The number of carbonyl (C=O) groups excluding carboxylic acids is 1. The van der Waals surface area contributed by atoms with Crippen molar-refractivity contribution in [2.75, 3.05) is 0 Å². The Balaban J connectivity index is 1.87. The van der Waals surface area contributed by atoms with Crippen molar-refractivity contribution in [1.29, 1.82) is 0 Å². The number of hydrogen-bond acceptors (Lipinski definition) is 3. The largest absolute Gasteiger partial charge is 0.463 e. The Morgan fingerprint density at radius 1 is 1.19 bits per heavy atom. The summed E-state index contributed by atoms with van der Waals surface area (Å²) in [7, 11) is 0. The Hall–Kier alpha value is -2.62. The highest BCUT2D eigenvalue weighted by Gasteiger charge is 2.25. The summed E-state index contributed by atoms with van der Waals surface area (Å²) in [6.45, 7) is 0. The van der Waals surface area contributed by atoms with Crippen LogP contribution in [0.25, 0.3) is 22.4 Å². The zero-order chi connectivity index (χ0) is 14.2. The van der Waals surface area contributed by atoms with Gasteiger partial charge in [-0.2, -0.15) is 0 Å².